The van der Waals surface area contributed by atoms with E-state index in [9.17, 15) is 13.2 Å². The molecule has 148 valence electrons. The molecule has 0 aliphatic heterocycles. The predicted octanol–water partition coefficient (Wildman–Crippen LogP) is 2.85. The molecule has 8 nitrogen and oxygen atoms in total. The van der Waals surface area contributed by atoms with Crippen LogP contribution in [0.3, 0.4) is 0 Å². The highest BCUT2D eigenvalue weighted by molar-refractivity contribution is 7.89. The van der Waals surface area contributed by atoms with Gasteiger partial charge < -0.3 is 4.74 Å². The smallest absolute Gasteiger partial charge is 0.411 e. The van der Waals surface area contributed by atoms with Gasteiger partial charge in [-0.05, 0) is 42.8 Å². The fraction of sp³-hybridized carbons (Fsp3) is 0.222. The van der Waals surface area contributed by atoms with E-state index >= 15 is 0 Å². The molecular formula is C18H20N4O4S2. The van der Waals surface area contributed by atoms with E-state index in [1.165, 1.54) is 31.4 Å². The van der Waals surface area contributed by atoms with Crippen LogP contribution in [0.1, 0.15) is 4.88 Å². The lowest BCUT2D eigenvalue weighted by molar-refractivity contribution is 0.187. The van der Waals surface area contributed by atoms with Crippen LogP contribution in [0.4, 0.5) is 10.5 Å². The van der Waals surface area contributed by atoms with Crippen molar-refractivity contribution in [2.75, 3.05) is 19.0 Å². The summed E-state index contributed by atoms with van der Waals surface area (Å²) in [7, 11) is -0.505. The number of methoxy groups -OCH3 is 1. The molecule has 0 saturated carbocycles. The van der Waals surface area contributed by atoms with Crippen molar-refractivity contribution in [3.8, 4) is 10.4 Å². The van der Waals surface area contributed by atoms with E-state index in [4.69, 9.17) is 0 Å². The van der Waals surface area contributed by atoms with Gasteiger partial charge in [0.25, 0.3) is 0 Å². The molecule has 0 spiro atoms. The van der Waals surface area contributed by atoms with Crippen molar-refractivity contribution in [1.29, 1.82) is 0 Å². The van der Waals surface area contributed by atoms with Crippen LogP contribution < -0.4 is 10.0 Å². The minimum atomic E-state index is -3.63. The summed E-state index contributed by atoms with van der Waals surface area (Å²) in [5.41, 5.74) is 1.49. The van der Waals surface area contributed by atoms with Crippen LogP contribution in [-0.4, -0.2) is 37.9 Å². The molecule has 28 heavy (non-hydrogen) atoms. The van der Waals surface area contributed by atoms with Gasteiger partial charge in [0.1, 0.15) is 0 Å². The van der Waals surface area contributed by atoms with Crippen LogP contribution in [0, 0.1) is 0 Å². The number of nitrogens with one attached hydrogen (secondary N) is 2. The maximum atomic E-state index is 12.4. The molecule has 0 atom stereocenters. The zero-order valence-corrected chi connectivity index (χ0v) is 17.0. The topological polar surface area (TPSA) is 102 Å². The molecule has 0 fully saturated rings. The number of carbonyl (C=O) groups excluding carboxylic acids is 1. The molecule has 0 bridgehead atoms. The number of benzene rings is 1. The third-order valence-corrected chi connectivity index (χ3v) is 6.58. The Morgan fingerprint density at radius 1 is 1.21 bits per heavy atom. The molecule has 3 aromatic rings. The second-order valence-corrected chi connectivity index (χ2v) is 8.89. The molecule has 3 rings (SSSR count). The molecule has 1 aromatic carbocycles. The lowest BCUT2D eigenvalue weighted by Crippen LogP contribution is -2.25. The van der Waals surface area contributed by atoms with Crippen LogP contribution in [0.2, 0.25) is 0 Å². The third-order valence-electron chi connectivity index (χ3n) is 3.91. The van der Waals surface area contributed by atoms with E-state index in [0.717, 1.165) is 15.3 Å². The summed E-state index contributed by atoms with van der Waals surface area (Å²) in [6.45, 7) is 0.289. The summed E-state index contributed by atoms with van der Waals surface area (Å²) in [6.07, 6.45) is 3.72. The Kier molecular flexibility index (Phi) is 6.12. The van der Waals surface area contributed by atoms with E-state index in [2.05, 4.69) is 19.9 Å². The highest BCUT2D eigenvalue weighted by Crippen LogP contribution is 2.27. The van der Waals surface area contributed by atoms with Gasteiger partial charge in [-0.2, -0.15) is 5.10 Å². The van der Waals surface area contributed by atoms with E-state index in [-0.39, 0.29) is 11.4 Å². The van der Waals surface area contributed by atoms with Crippen molar-refractivity contribution < 1.29 is 17.9 Å². The summed E-state index contributed by atoms with van der Waals surface area (Å²) in [5, 5.41) is 6.63. The van der Waals surface area contributed by atoms with Crippen LogP contribution in [0.5, 0.6) is 0 Å². The van der Waals surface area contributed by atoms with E-state index in [1.54, 1.807) is 22.2 Å². The molecule has 0 unspecified atom stereocenters. The highest BCUT2D eigenvalue weighted by Gasteiger charge is 2.14. The molecule has 0 aliphatic rings. The fourth-order valence-corrected chi connectivity index (χ4v) is 4.51. The lowest BCUT2D eigenvalue weighted by atomic mass is 10.3. The third kappa shape index (κ3) is 4.97. The van der Waals surface area contributed by atoms with Crippen LogP contribution >= 0.6 is 11.3 Å². The molecule has 2 heterocycles. The maximum Gasteiger partial charge on any atom is 0.411 e. The first-order valence-electron chi connectivity index (χ1n) is 8.40. The van der Waals surface area contributed by atoms with Crippen molar-refractivity contribution in [2.24, 2.45) is 7.05 Å². The van der Waals surface area contributed by atoms with Crippen molar-refractivity contribution in [2.45, 2.75) is 11.3 Å². The Morgan fingerprint density at radius 3 is 2.61 bits per heavy atom. The van der Waals surface area contributed by atoms with Crippen molar-refractivity contribution >= 4 is 33.1 Å². The summed E-state index contributed by atoms with van der Waals surface area (Å²) in [4.78, 5) is 13.5. The lowest BCUT2D eigenvalue weighted by Gasteiger charge is -2.08. The minimum Gasteiger partial charge on any atom is -0.453 e. The molecular weight excluding hydrogens is 400 g/mol. The molecule has 0 radical (unpaired) electrons. The number of rotatable bonds is 7. The largest absolute Gasteiger partial charge is 0.453 e. The van der Waals surface area contributed by atoms with E-state index in [0.29, 0.717) is 12.1 Å². The number of amides is 1. The molecule has 0 saturated heterocycles. The average Bonchev–Trinajstić information content (AvgIpc) is 3.31. The zero-order chi connectivity index (χ0) is 20.1. The maximum absolute atomic E-state index is 12.4. The second kappa shape index (κ2) is 8.55. The number of sulfonamides is 1. The Balaban J connectivity index is 1.56. The number of thiophene rings is 1. The van der Waals surface area contributed by atoms with Crippen LogP contribution in [0.25, 0.3) is 10.4 Å². The minimum absolute atomic E-state index is 0.130. The molecule has 10 heteroatoms. The summed E-state index contributed by atoms with van der Waals surface area (Å²) < 4.78 is 33.7. The van der Waals surface area contributed by atoms with Gasteiger partial charge in [0, 0.05) is 40.8 Å². The van der Waals surface area contributed by atoms with E-state index in [1.807, 2.05) is 25.4 Å². The first kappa shape index (κ1) is 20.1. The number of anilines is 1. The normalized spacial score (nSPS) is 11.4. The Hall–Kier alpha value is -2.69. The van der Waals surface area contributed by atoms with Gasteiger partial charge in [0.2, 0.25) is 10.0 Å². The summed E-state index contributed by atoms with van der Waals surface area (Å²) >= 11 is 1.62. The van der Waals surface area contributed by atoms with Crippen molar-refractivity contribution in [1.82, 2.24) is 14.5 Å². The quantitative estimate of drug-likeness (QED) is 0.612. The Morgan fingerprint density at radius 2 is 1.96 bits per heavy atom. The summed E-state index contributed by atoms with van der Waals surface area (Å²) in [6, 6.07) is 9.88. The molecule has 2 aromatic heterocycles. The zero-order valence-electron chi connectivity index (χ0n) is 15.4. The highest BCUT2D eigenvalue weighted by atomic mass is 32.2. The Bertz CT molecular complexity index is 1060. The number of carbonyl (C=O) groups is 1. The first-order chi connectivity index (χ1) is 13.4. The van der Waals surface area contributed by atoms with Crippen LogP contribution in [-0.2, 0) is 28.2 Å². The number of nitrogens with zero attached hydrogens (tertiary/aromatic N) is 2. The first-order valence-corrected chi connectivity index (χ1v) is 10.7. The summed E-state index contributed by atoms with van der Waals surface area (Å²) in [5.74, 6) is 0. The van der Waals surface area contributed by atoms with Gasteiger partial charge in [0.05, 0.1) is 18.2 Å². The number of aryl methyl sites for hydroxylation is 1. The Labute approximate surface area is 167 Å². The molecule has 2 N–H and O–H groups in total. The average molecular weight is 421 g/mol. The SMILES string of the molecule is COC(=O)Nc1ccc(S(=O)(=O)NCCc2ccc(-c3cnn(C)c3)s2)cc1. The van der Waals surface area contributed by atoms with Gasteiger partial charge in [0.15, 0.2) is 0 Å². The van der Waals surface area contributed by atoms with Crippen molar-refractivity contribution in [3.05, 3.63) is 53.7 Å². The standard InChI is InChI=1S/C18H20N4O4S2/c1-22-12-13(11-19-22)17-8-5-15(27-17)9-10-20-28(24,25)16-6-3-14(4-7-16)21-18(23)26-2/h3-8,11-12,20H,9-10H2,1-2H3,(H,21,23). The number of ether oxygens (including phenoxy) is 1. The van der Waals surface area contributed by atoms with Crippen molar-refractivity contribution in [3.63, 3.8) is 0 Å². The number of aromatic nitrogens is 2. The second-order valence-electron chi connectivity index (χ2n) is 5.96. The monoisotopic (exact) mass is 420 g/mol. The molecule has 1 amide bonds. The van der Waals surface area contributed by atoms with Gasteiger partial charge in [-0.3, -0.25) is 10.00 Å². The predicted molar refractivity (Wildman–Crippen MR) is 108 cm³/mol. The number of hydrogen-bond donors (Lipinski definition) is 2. The fourth-order valence-electron chi connectivity index (χ4n) is 2.49. The van der Waals surface area contributed by atoms with Gasteiger partial charge in [-0.15, -0.1) is 11.3 Å². The van der Waals surface area contributed by atoms with Crippen LogP contribution in [0.15, 0.2) is 53.7 Å². The van der Waals surface area contributed by atoms with E-state index < -0.39 is 16.1 Å². The number of hydrogen-bond acceptors (Lipinski definition) is 6. The van der Waals surface area contributed by atoms with Gasteiger partial charge >= 0.3 is 6.09 Å². The van der Waals surface area contributed by atoms with Gasteiger partial charge in [-0.1, -0.05) is 0 Å². The molecule has 0 aliphatic carbocycles. The van der Waals surface area contributed by atoms with Gasteiger partial charge in [-0.25, -0.2) is 17.9 Å².